The third-order valence-corrected chi connectivity index (χ3v) is 6.72. The summed E-state index contributed by atoms with van der Waals surface area (Å²) in [5.74, 6) is -0.674. The Morgan fingerprint density at radius 1 is 1.39 bits per heavy atom. The van der Waals surface area contributed by atoms with Crippen LogP contribution in [0.3, 0.4) is 0 Å². The molecule has 1 saturated carbocycles. The van der Waals surface area contributed by atoms with Crippen molar-refractivity contribution < 1.29 is 28.5 Å². The fraction of sp³-hybridized carbons (Fsp3) is 0.640. The number of alkyl halides is 2. The summed E-state index contributed by atoms with van der Waals surface area (Å²) in [6.07, 6.45) is 1.08. The molecular weight excluding hydrogens is 494 g/mol. The maximum atomic E-state index is 13.2. The molecule has 2 aromatic heterocycles. The van der Waals surface area contributed by atoms with Gasteiger partial charge in [0.25, 0.3) is 5.91 Å². The maximum absolute atomic E-state index is 13.2. The van der Waals surface area contributed by atoms with Crippen molar-refractivity contribution in [2.24, 2.45) is 11.3 Å². The number of ether oxygens (including phenoxy) is 1. The van der Waals surface area contributed by atoms with Crippen LogP contribution in [0.25, 0.3) is 11.3 Å². The summed E-state index contributed by atoms with van der Waals surface area (Å²) in [4.78, 5) is 17.3. The van der Waals surface area contributed by atoms with Gasteiger partial charge in [0.15, 0.2) is 5.69 Å². The lowest BCUT2D eigenvalue weighted by molar-refractivity contribution is -0.106. The minimum absolute atomic E-state index is 0.0522. The second-order valence-electron chi connectivity index (χ2n) is 10.8. The Morgan fingerprint density at radius 3 is 2.67 bits per heavy atom. The van der Waals surface area contributed by atoms with Gasteiger partial charge in [-0.25, -0.2) is 4.98 Å². The zero-order valence-electron chi connectivity index (χ0n) is 21.3. The van der Waals surface area contributed by atoms with Gasteiger partial charge in [0.2, 0.25) is 5.88 Å². The summed E-state index contributed by atoms with van der Waals surface area (Å²) in [6, 6.07) is 3.30. The molecule has 3 atom stereocenters. The van der Waals surface area contributed by atoms with E-state index in [1.54, 1.807) is 19.1 Å². The molecule has 1 fully saturated rings. The van der Waals surface area contributed by atoms with Gasteiger partial charge in [-0.1, -0.05) is 39.3 Å². The fourth-order valence-corrected chi connectivity index (χ4v) is 4.77. The largest absolute Gasteiger partial charge is 0.416 e. The third kappa shape index (κ3) is 6.52. The predicted molar refractivity (Wildman–Crippen MR) is 132 cm³/mol. The lowest BCUT2D eigenvalue weighted by atomic mass is 9.77. The van der Waals surface area contributed by atoms with E-state index >= 15 is 0 Å². The molecular formula is C25H35ClF2N4O4. The first-order valence-electron chi connectivity index (χ1n) is 12.1. The minimum Gasteiger partial charge on any atom is -0.416 e. The van der Waals surface area contributed by atoms with Crippen molar-refractivity contribution >= 4 is 17.5 Å². The summed E-state index contributed by atoms with van der Waals surface area (Å²) < 4.78 is 32.6. The molecule has 1 aliphatic rings. The highest BCUT2D eigenvalue weighted by molar-refractivity contribution is 6.36. The molecule has 3 N–H and O–H groups in total. The number of aromatic nitrogens is 3. The molecule has 0 bridgehead atoms. The normalized spacial score (nSPS) is 22.6. The molecule has 0 spiro atoms. The molecule has 1 amide bonds. The van der Waals surface area contributed by atoms with E-state index in [1.807, 2.05) is 27.7 Å². The standard InChI is InChI=1S/C25H35ClF2N4O4/c1-6-32-20(16-8-7-15(12-24(3,4)5)30-22(16)36-23(27)28)18(26)19(31-32)21(34)29-13-25(35)10-9-14(2)11-17(25)33/h7-8,14,17,23,33,35H,6,9-13H2,1-5H3,(H,29,34)/t14-,17-,25-/m0/s1. The second kappa shape index (κ2) is 11.0. The van der Waals surface area contributed by atoms with Crippen molar-refractivity contribution in [3.63, 3.8) is 0 Å². The Labute approximate surface area is 215 Å². The highest BCUT2D eigenvalue weighted by Gasteiger charge is 2.40. The molecule has 1 aliphatic carbocycles. The van der Waals surface area contributed by atoms with Gasteiger partial charge in [-0.15, -0.1) is 0 Å². The zero-order chi connectivity index (χ0) is 26.8. The Morgan fingerprint density at radius 2 is 2.08 bits per heavy atom. The van der Waals surface area contributed by atoms with Gasteiger partial charge in [0.05, 0.1) is 22.4 Å². The number of carbonyl (C=O) groups excluding carboxylic acids is 1. The number of nitrogens with zero attached hydrogens (tertiary/aromatic N) is 3. The van der Waals surface area contributed by atoms with Crippen LogP contribution in [0.4, 0.5) is 8.78 Å². The van der Waals surface area contributed by atoms with Gasteiger partial charge in [0, 0.05) is 18.8 Å². The third-order valence-electron chi connectivity index (χ3n) is 6.37. The maximum Gasteiger partial charge on any atom is 0.388 e. The van der Waals surface area contributed by atoms with E-state index in [4.69, 9.17) is 16.3 Å². The van der Waals surface area contributed by atoms with E-state index in [9.17, 15) is 23.8 Å². The quantitative estimate of drug-likeness (QED) is 0.467. The molecule has 11 heteroatoms. The van der Waals surface area contributed by atoms with E-state index in [2.05, 4.69) is 15.4 Å². The Bertz CT molecular complexity index is 1090. The summed E-state index contributed by atoms with van der Waals surface area (Å²) in [5.41, 5.74) is -0.722. The Balaban J connectivity index is 1.92. The van der Waals surface area contributed by atoms with Crippen LogP contribution in [-0.2, 0) is 13.0 Å². The van der Waals surface area contributed by atoms with Crippen molar-refractivity contribution in [2.45, 2.75) is 85.2 Å². The molecule has 0 aromatic carbocycles. The van der Waals surface area contributed by atoms with Crippen LogP contribution in [-0.4, -0.2) is 55.7 Å². The predicted octanol–water partition coefficient (Wildman–Crippen LogP) is 4.45. The lowest BCUT2D eigenvalue weighted by Crippen LogP contribution is -2.54. The number of amides is 1. The van der Waals surface area contributed by atoms with Crippen molar-refractivity contribution in [2.75, 3.05) is 6.54 Å². The van der Waals surface area contributed by atoms with Gasteiger partial charge in [-0.05, 0) is 56.1 Å². The highest BCUT2D eigenvalue weighted by Crippen LogP contribution is 2.38. The molecule has 2 aromatic rings. The summed E-state index contributed by atoms with van der Waals surface area (Å²) >= 11 is 6.57. The van der Waals surface area contributed by atoms with Gasteiger partial charge in [0.1, 0.15) is 5.60 Å². The molecule has 0 aliphatic heterocycles. The average molecular weight is 529 g/mol. The number of aliphatic hydroxyl groups is 2. The number of carbonyl (C=O) groups is 1. The van der Waals surface area contributed by atoms with Crippen LogP contribution >= 0.6 is 11.6 Å². The van der Waals surface area contributed by atoms with E-state index in [1.165, 1.54) is 4.68 Å². The van der Waals surface area contributed by atoms with Crippen LogP contribution in [0.15, 0.2) is 12.1 Å². The van der Waals surface area contributed by atoms with Gasteiger partial charge < -0.3 is 20.3 Å². The van der Waals surface area contributed by atoms with Crippen LogP contribution in [0, 0.1) is 11.3 Å². The first-order chi connectivity index (χ1) is 16.7. The van der Waals surface area contributed by atoms with Crippen LogP contribution in [0.2, 0.25) is 5.02 Å². The lowest BCUT2D eigenvalue weighted by Gasteiger charge is -2.39. The number of aliphatic hydroxyl groups excluding tert-OH is 1. The first-order valence-corrected chi connectivity index (χ1v) is 12.5. The van der Waals surface area contributed by atoms with Crippen LogP contribution in [0.5, 0.6) is 5.88 Å². The summed E-state index contributed by atoms with van der Waals surface area (Å²) in [6.45, 7) is 6.80. The van der Waals surface area contributed by atoms with Crippen molar-refractivity contribution in [1.82, 2.24) is 20.1 Å². The Kier molecular flexibility index (Phi) is 8.63. The smallest absolute Gasteiger partial charge is 0.388 e. The number of hydrogen-bond donors (Lipinski definition) is 3. The molecule has 200 valence electrons. The highest BCUT2D eigenvalue weighted by atomic mass is 35.5. The summed E-state index contributed by atoms with van der Waals surface area (Å²) in [7, 11) is 0. The van der Waals surface area contributed by atoms with Crippen molar-refractivity contribution in [1.29, 1.82) is 0 Å². The zero-order valence-corrected chi connectivity index (χ0v) is 22.1. The molecule has 0 unspecified atom stereocenters. The Hall–Kier alpha value is -2.30. The molecule has 2 heterocycles. The van der Waals surface area contributed by atoms with Crippen LogP contribution < -0.4 is 10.1 Å². The molecule has 0 saturated heterocycles. The molecule has 36 heavy (non-hydrogen) atoms. The topological polar surface area (TPSA) is 110 Å². The monoisotopic (exact) mass is 528 g/mol. The van der Waals surface area contributed by atoms with Crippen molar-refractivity contribution in [3.05, 3.63) is 28.5 Å². The van der Waals surface area contributed by atoms with Crippen LogP contribution in [0.1, 0.15) is 70.1 Å². The van der Waals surface area contributed by atoms with Gasteiger partial charge in [-0.2, -0.15) is 13.9 Å². The number of nitrogens with one attached hydrogen (secondary N) is 1. The second-order valence-corrected chi connectivity index (χ2v) is 11.2. The number of hydrogen-bond acceptors (Lipinski definition) is 6. The van der Waals surface area contributed by atoms with Crippen molar-refractivity contribution in [3.8, 4) is 17.1 Å². The summed E-state index contributed by atoms with van der Waals surface area (Å²) in [5, 5.41) is 28.0. The molecule has 0 radical (unpaired) electrons. The first kappa shape index (κ1) is 28.3. The van der Waals surface area contributed by atoms with Gasteiger partial charge in [-0.3, -0.25) is 9.48 Å². The number of rotatable bonds is 8. The number of pyridine rings is 1. The number of halogens is 3. The van der Waals surface area contributed by atoms with Gasteiger partial charge >= 0.3 is 6.61 Å². The average Bonchev–Trinajstić information content (AvgIpc) is 3.10. The fourth-order valence-electron chi connectivity index (χ4n) is 4.45. The molecule has 3 rings (SSSR count). The molecule has 8 nitrogen and oxygen atoms in total. The minimum atomic E-state index is -3.11. The van der Waals surface area contributed by atoms with E-state index in [-0.39, 0.29) is 45.7 Å². The van der Waals surface area contributed by atoms with E-state index < -0.39 is 24.2 Å². The van der Waals surface area contributed by atoms with E-state index in [0.29, 0.717) is 31.5 Å². The van der Waals surface area contributed by atoms with E-state index in [0.717, 1.165) is 6.42 Å². The SMILES string of the molecule is CCn1nc(C(=O)NC[C@@]2(O)CC[C@H](C)C[C@@H]2O)c(Cl)c1-c1ccc(CC(C)(C)C)nc1OC(F)F. The number of aryl methyl sites for hydroxylation is 1.